The summed E-state index contributed by atoms with van der Waals surface area (Å²) in [6.07, 6.45) is 1.54. The van der Waals surface area contributed by atoms with Gasteiger partial charge in [-0.2, -0.15) is 4.31 Å². The van der Waals surface area contributed by atoms with Gasteiger partial charge in [0.05, 0.1) is 6.61 Å². The normalized spacial score (nSPS) is 18.9. The molecule has 2 heterocycles. The number of rotatable bonds is 6. The molecule has 1 amide bonds. The number of para-hydroxylation sites is 1. The Morgan fingerprint density at radius 2 is 1.97 bits per heavy atom. The molecule has 0 bridgehead atoms. The van der Waals surface area contributed by atoms with Gasteiger partial charge in [0.1, 0.15) is 16.4 Å². The number of hydrogen-bond donors (Lipinski definition) is 1. The molecular formula is C21H24N2O5S. The van der Waals surface area contributed by atoms with Crippen LogP contribution in [0.25, 0.3) is 0 Å². The fourth-order valence-electron chi connectivity index (χ4n) is 3.68. The predicted molar refractivity (Wildman–Crippen MR) is 109 cm³/mol. The number of benzene rings is 2. The molecule has 0 radical (unpaired) electrons. The molecule has 0 aromatic heterocycles. The van der Waals surface area contributed by atoms with Crippen molar-refractivity contribution in [3.8, 4) is 11.5 Å². The average Bonchev–Trinajstić information content (AvgIpc) is 3.39. The molecule has 1 fully saturated rings. The molecule has 1 N–H and O–H groups in total. The van der Waals surface area contributed by atoms with E-state index in [2.05, 4.69) is 5.32 Å². The van der Waals surface area contributed by atoms with E-state index in [1.807, 2.05) is 24.3 Å². The predicted octanol–water partition coefficient (Wildman–Crippen LogP) is 2.81. The SMILES string of the molecule is CCOc1ccc(NC(=O)[C@H]2Cc3ccccc3O2)cc1S(=O)(=O)N1CCCC1. The third kappa shape index (κ3) is 3.95. The molecule has 2 aliphatic rings. The summed E-state index contributed by atoms with van der Waals surface area (Å²) in [5, 5.41) is 2.79. The van der Waals surface area contributed by atoms with Crippen LogP contribution >= 0.6 is 0 Å². The molecular weight excluding hydrogens is 392 g/mol. The molecule has 0 aliphatic carbocycles. The first-order valence-electron chi connectivity index (χ1n) is 9.81. The van der Waals surface area contributed by atoms with Gasteiger partial charge in [0.15, 0.2) is 6.10 Å². The van der Waals surface area contributed by atoms with E-state index in [1.165, 1.54) is 10.4 Å². The van der Waals surface area contributed by atoms with Crippen molar-refractivity contribution < 1.29 is 22.7 Å². The minimum Gasteiger partial charge on any atom is -0.492 e. The van der Waals surface area contributed by atoms with Gasteiger partial charge in [0, 0.05) is 25.2 Å². The quantitative estimate of drug-likeness (QED) is 0.783. The van der Waals surface area contributed by atoms with Gasteiger partial charge in [-0.3, -0.25) is 4.79 Å². The van der Waals surface area contributed by atoms with E-state index >= 15 is 0 Å². The number of nitrogens with one attached hydrogen (secondary N) is 1. The minimum absolute atomic E-state index is 0.0784. The van der Waals surface area contributed by atoms with E-state index in [0.29, 0.717) is 43.3 Å². The van der Waals surface area contributed by atoms with Gasteiger partial charge in [-0.05, 0) is 49.6 Å². The van der Waals surface area contributed by atoms with Crippen LogP contribution in [0.5, 0.6) is 11.5 Å². The second-order valence-corrected chi connectivity index (χ2v) is 9.02. The monoisotopic (exact) mass is 416 g/mol. The van der Waals surface area contributed by atoms with Crippen molar-refractivity contribution >= 4 is 21.6 Å². The Hall–Kier alpha value is -2.58. The Morgan fingerprint density at radius 1 is 1.21 bits per heavy atom. The maximum atomic E-state index is 13.1. The first-order valence-corrected chi connectivity index (χ1v) is 11.3. The highest BCUT2D eigenvalue weighted by Crippen LogP contribution is 2.33. The maximum Gasteiger partial charge on any atom is 0.265 e. The number of anilines is 1. The molecule has 29 heavy (non-hydrogen) atoms. The molecule has 1 atom stereocenters. The minimum atomic E-state index is -3.69. The van der Waals surface area contributed by atoms with Gasteiger partial charge in [0.2, 0.25) is 10.0 Å². The van der Waals surface area contributed by atoms with Crippen LogP contribution in [0.3, 0.4) is 0 Å². The van der Waals surface area contributed by atoms with Gasteiger partial charge in [-0.15, -0.1) is 0 Å². The topological polar surface area (TPSA) is 84.9 Å². The molecule has 4 rings (SSSR count). The third-order valence-corrected chi connectivity index (χ3v) is 7.05. The summed E-state index contributed by atoms with van der Waals surface area (Å²) in [7, 11) is -3.69. The van der Waals surface area contributed by atoms with Crippen LogP contribution in [0.2, 0.25) is 0 Å². The van der Waals surface area contributed by atoms with Gasteiger partial charge >= 0.3 is 0 Å². The van der Waals surface area contributed by atoms with Crippen LogP contribution in [0, 0.1) is 0 Å². The Bertz CT molecular complexity index is 990. The zero-order valence-corrected chi connectivity index (χ0v) is 17.1. The van der Waals surface area contributed by atoms with Crippen LogP contribution in [0.1, 0.15) is 25.3 Å². The number of hydrogen-bond acceptors (Lipinski definition) is 5. The lowest BCUT2D eigenvalue weighted by molar-refractivity contribution is -0.122. The molecule has 0 spiro atoms. The van der Waals surface area contributed by atoms with E-state index < -0.39 is 16.1 Å². The Labute approximate surface area is 170 Å². The second-order valence-electron chi connectivity index (χ2n) is 7.11. The van der Waals surface area contributed by atoms with Crippen LogP contribution in [0.15, 0.2) is 47.4 Å². The van der Waals surface area contributed by atoms with Crippen molar-refractivity contribution in [1.82, 2.24) is 4.31 Å². The Balaban J connectivity index is 1.56. The number of amides is 1. The first-order chi connectivity index (χ1) is 14.0. The molecule has 2 aromatic rings. The second kappa shape index (κ2) is 8.04. The highest BCUT2D eigenvalue weighted by Gasteiger charge is 2.32. The number of sulfonamides is 1. The van der Waals surface area contributed by atoms with Crippen molar-refractivity contribution in [3.05, 3.63) is 48.0 Å². The maximum absolute atomic E-state index is 13.1. The van der Waals surface area contributed by atoms with Crippen molar-refractivity contribution in [1.29, 1.82) is 0 Å². The number of carbonyl (C=O) groups is 1. The molecule has 7 nitrogen and oxygen atoms in total. The van der Waals surface area contributed by atoms with Crippen LogP contribution in [-0.2, 0) is 21.2 Å². The summed E-state index contributed by atoms with van der Waals surface area (Å²) in [4.78, 5) is 12.8. The van der Waals surface area contributed by atoms with Crippen LogP contribution in [-0.4, -0.2) is 44.4 Å². The summed E-state index contributed by atoms with van der Waals surface area (Å²) in [6.45, 7) is 3.15. The summed E-state index contributed by atoms with van der Waals surface area (Å²) >= 11 is 0. The van der Waals surface area contributed by atoms with E-state index in [-0.39, 0.29) is 10.8 Å². The van der Waals surface area contributed by atoms with Crippen molar-refractivity contribution in [3.63, 3.8) is 0 Å². The molecule has 2 aromatic carbocycles. The lowest BCUT2D eigenvalue weighted by Crippen LogP contribution is -2.32. The number of carbonyl (C=O) groups excluding carboxylic acids is 1. The van der Waals surface area contributed by atoms with E-state index in [9.17, 15) is 13.2 Å². The summed E-state index contributed by atoms with van der Waals surface area (Å²) in [5.74, 6) is 0.688. The van der Waals surface area contributed by atoms with E-state index in [4.69, 9.17) is 9.47 Å². The fraction of sp³-hybridized carbons (Fsp3) is 0.381. The highest BCUT2D eigenvalue weighted by atomic mass is 32.2. The molecule has 8 heteroatoms. The van der Waals surface area contributed by atoms with Crippen molar-refractivity contribution in [2.75, 3.05) is 25.0 Å². The fourth-order valence-corrected chi connectivity index (χ4v) is 5.35. The largest absolute Gasteiger partial charge is 0.492 e. The van der Waals surface area contributed by atoms with Crippen molar-refractivity contribution in [2.45, 2.75) is 37.2 Å². The summed E-state index contributed by atoms with van der Waals surface area (Å²) in [6, 6.07) is 12.2. The Kier molecular flexibility index (Phi) is 5.47. The highest BCUT2D eigenvalue weighted by molar-refractivity contribution is 7.89. The molecule has 0 unspecified atom stereocenters. The lowest BCUT2D eigenvalue weighted by atomic mass is 10.1. The van der Waals surface area contributed by atoms with Gasteiger partial charge in [-0.25, -0.2) is 8.42 Å². The van der Waals surface area contributed by atoms with Crippen LogP contribution < -0.4 is 14.8 Å². The zero-order valence-electron chi connectivity index (χ0n) is 16.3. The summed E-state index contributed by atoms with van der Waals surface area (Å²) in [5.41, 5.74) is 1.38. The molecule has 2 aliphatic heterocycles. The van der Waals surface area contributed by atoms with Gasteiger partial charge in [0.25, 0.3) is 5.91 Å². The molecule has 1 saturated heterocycles. The van der Waals surface area contributed by atoms with Gasteiger partial charge in [-0.1, -0.05) is 18.2 Å². The molecule has 0 saturated carbocycles. The van der Waals surface area contributed by atoms with E-state index in [0.717, 1.165) is 18.4 Å². The average molecular weight is 416 g/mol. The number of ether oxygens (including phenoxy) is 2. The van der Waals surface area contributed by atoms with E-state index in [1.54, 1.807) is 19.1 Å². The van der Waals surface area contributed by atoms with Crippen LogP contribution in [0.4, 0.5) is 5.69 Å². The first kappa shape index (κ1) is 19.7. The standard InChI is InChI=1S/C21H24N2O5S/c1-2-27-18-10-9-16(14-20(18)29(25,26)23-11-5-6-12-23)22-21(24)19-13-15-7-3-4-8-17(15)28-19/h3-4,7-10,14,19H,2,5-6,11-13H2,1H3,(H,22,24)/t19-/m1/s1. The van der Waals surface area contributed by atoms with Crippen molar-refractivity contribution in [2.24, 2.45) is 0 Å². The zero-order chi connectivity index (χ0) is 20.4. The van der Waals surface area contributed by atoms with Gasteiger partial charge < -0.3 is 14.8 Å². The number of fused-ring (bicyclic) bond motifs is 1. The molecule has 154 valence electrons. The third-order valence-electron chi connectivity index (χ3n) is 5.13. The lowest BCUT2D eigenvalue weighted by Gasteiger charge is -2.19. The summed E-state index contributed by atoms with van der Waals surface area (Å²) < 4.78 is 38.9. The Morgan fingerprint density at radius 3 is 2.69 bits per heavy atom. The smallest absolute Gasteiger partial charge is 0.265 e. The number of nitrogens with zero attached hydrogens (tertiary/aromatic N) is 1.